The molecule has 0 aliphatic carbocycles. The topological polar surface area (TPSA) is 32.7 Å². The van der Waals surface area contributed by atoms with E-state index in [1.807, 2.05) is 13.0 Å². The second-order valence-electron chi connectivity index (χ2n) is 5.00. The van der Waals surface area contributed by atoms with Crippen molar-refractivity contribution >= 4 is 0 Å². The van der Waals surface area contributed by atoms with Crippen molar-refractivity contribution in [3.63, 3.8) is 0 Å². The standard InChI is InChI=1S/C15H23NO2/c1-3-18-15(17)9-11-16(12-10-15)13(2)14-7-5-4-6-8-14/h4-8,13,17H,3,9-12H2,1-2H3. The molecule has 0 spiro atoms. The van der Waals surface area contributed by atoms with Crippen LogP contribution in [0.4, 0.5) is 0 Å². The molecule has 1 aliphatic rings. The Labute approximate surface area is 109 Å². The Morgan fingerprint density at radius 1 is 1.28 bits per heavy atom. The van der Waals surface area contributed by atoms with Crippen LogP contribution in [0.5, 0.6) is 0 Å². The lowest BCUT2D eigenvalue weighted by Gasteiger charge is -2.40. The highest BCUT2D eigenvalue weighted by Crippen LogP contribution is 2.29. The summed E-state index contributed by atoms with van der Waals surface area (Å²) in [6, 6.07) is 10.9. The van der Waals surface area contributed by atoms with Gasteiger partial charge in [0, 0.05) is 38.6 Å². The van der Waals surface area contributed by atoms with Crippen molar-refractivity contribution in [2.75, 3.05) is 19.7 Å². The summed E-state index contributed by atoms with van der Waals surface area (Å²) >= 11 is 0. The summed E-state index contributed by atoms with van der Waals surface area (Å²) in [5.41, 5.74) is 1.33. The van der Waals surface area contributed by atoms with Gasteiger partial charge in [0.1, 0.15) is 0 Å². The SMILES string of the molecule is CCOC1(O)CCN(C(C)c2ccccc2)CC1. The van der Waals surface area contributed by atoms with Crippen LogP contribution in [0, 0.1) is 0 Å². The molecule has 18 heavy (non-hydrogen) atoms. The molecule has 0 bridgehead atoms. The van der Waals surface area contributed by atoms with Crippen LogP contribution in [0.3, 0.4) is 0 Å². The molecule has 1 unspecified atom stereocenters. The van der Waals surface area contributed by atoms with Crippen molar-refractivity contribution in [1.82, 2.24) is 4.90 Å². The van der Waals surface area contributed by atoms with Gasteiger partial charge in [0.2, 0.25) is 0 Å². The predicted octanol–water partition coefficient (Wildman–Crippen LogP) is 2.57. The van der Waals surface area contributed by atoms with E-state index in [9.17, 15) is 5.11 Å². The Bertz CT molecular complexity index is 358. The fraction of sp³-hybridized carbons (Fsp3) is 0.600. The Balaban J connectivity index is 1.94. The van der Waals surface area contributed by atoms with Crippen LogP contribution in [0.25, 0.3) is 0 Å². The Morgan fingerprint density at radius 3 is 2.44 bits per heavy atom. The third-order valence-corrected chi connectivity index (χ3v) is 3.82. The van der Waals surface area contributed by atoms with Crippen LogP contribution in [-0.2, 0) is 4.74 Å². The summed E-state index contributed by atoms with van der Waals surface area (Å²) < 4.78 is 5.43. The fourth-order valence-electron chi connectivity index (χ4n) is 2.62. The highest BCUT2D eigenvalue weighted by Gasteiger charge is 2.34. The minimum atomic E-state index is -0.901. The van der Waals surface area contributed by atoms with Gasteiger partial charge in [0.05, 0.1) is 0 Å². The molecule has 1 aromatic carbocycles. The average Bonchev–Trinajstić information content (AvgIpc) is 2.40. The van der Waals surface area contributed by atoms with E-state index in [0.29, 0.717) is 25.5 Å². The van der Waals surface area contributed by atoms with Crippen LogP contribution >= 0.6 is 0 Å². The molecule has 1 aromatic rings. The molecule has 0 radical (unpaired) electrons. The molecule has 1 saturated heterocycles. The first kappa shape index (κ1) is 13.5. The van der Waals surface area contributed by atoms with Crippen molar-refractivity contribution in [2.45, 2.75) is 38.5 Å². The molecule has 0 aromatic heterocycles. The molecule has 100 valence electrons. The van der Waals surface area contributed by atoms with Crippen molar-refractivity contribution in [1.29, 1.82) is 0 Å². The number of benzene rings is 1. The lowest BCUT2D eigenvalue weighted by molar-refractivity contribution is -0.225. The highest BCUT2D eigenvalue weighted by atomic mass is 16.6. The number of hydrogen-bond acceptors (Lipinski definition) is 3. The van der Waals surface area contributed by atoms with Crippen LogP contribution in [-0.4, -0.2) is 35.5 Å². The molecule has 0 amide bonds. The summed E-state index contributed by atoms with van der Waals surface area (Å²) in [5, 5.41) is 10.2. The highest BCUT2D eigenvalue weighted by molar-refractivity contribution is 5.18. The molecule has 1 N–H and O–H groups in total. The molecular weight excluding hydrogens is 226 g/mol. The second kappa shape index (κ2) is 5.83. The maximum Gasteiger partial charge on any atom is 0.167 e. The van der Waals surface area contributed by atoms with Crippen molar-refractivity contribution in [2.24, 2.45) is 0 Å². The second-order valence-corrected chi connectivity index (χ2v) is 5.00. The molecule has 1 fully saturated rings. The summed E-state index contributed by atoms with van der Waals surface area (Å²) in [6.07, 6.45) is 1.38. The van der Waals surface area contributed by atoms with Gasteiger partial charge in [-0.15, -0.1) is 0 Å². The average molecular weight is 249 g/mol. The van der Waals surface area contributed by atoms with Crippen molar-refractivity contribution in [3.8, 4) is 0 Å². The number of ether oxygens (including phenoxy) is 1. The molecule has 1 aliphatic heterocycles. The zero-order chi connectivity index (χ0) is 13.0. The maximum atomic E-state index is 10.2. The molecule has 3 nitrogen and oxygen atoms in total. The van der Waals surface area contributed by atoms with Gasteiger partial charge in [-0.05, 0) is 19.4 Å². The van der Waals surface area contributed by atoms with Crippen LogP contribution in [0.2, 0.25) is 0 Å². The van der Waals surface area contributed by atoms with Crippen molar-refractivity contribution in [3.05, 3.63) is 35.9 Å². The van der Waals surface area contributed by atoms with E-state index in [-0.39, 0.29) is 0 Å². The zero-order valence-corrected chi connectivity index (χ0v) is 11.3. The number of piperidine rings is 1. The van der Waals surface area contributed by atoms with Crippen LogP contribution in [0.1, 0.15) is 38.3 Å². The predicted molar refractivity (Wildman–Crippen MR) is 72.2 cm³/mol. The summed E-state index contributed by atoms with van der Waals surface area (Å²) in [4.78, 5) is 2.41. The van der Waals surface area contributed by atoms with Gasteiger partial charge in [-0.3, -0.25) is 4.90 Å². The lowest BCUT2D eigenvalue weighted by Crippen LogP contribution is -2.46. The first-order valence-corrected chi connectivity index (χ1v) is 6.80. The third kappa shape index (κ3) is 3.10. The van der Waals surface area contributed by atoms with E-state index in [1.165, 1.54) is 5.56 Å². The minimum absolute atomic E-state index is 0.400. The summed E-state index contributed by atoms with van der Waals surface area (Å²) in [5.74, 6) is -0.901. The van der Waals surface area contributed by atoms with Gasteiger partial charge in [0.25, 0.3) is 0 Å². The van der Waals surface area contributed by atoms with Gasteiger partial charge in [-0.2, -0.15) is 0 Å². The normalized spacial score (nSPS) is 21.7. The summed E-state index contributed by atoms with van der Waals surface area (Å²) in [7, 11) is 0. The van der Waals surface area contributed by atoms with Gasteiger partial charge < -0.3 is 9.84 Å². The van der Waals surface area contributed by atoms with Gasteiger partial charge in [-0.1, -0.05) is 30.3 Å². The van der Waals surface area contributed by atoms with E-state index >= 15 is 0 Å². The molecule has 0 saturated carbocycles. The van der Waals surface area contributed by atoms with Crippen molar-refractivity contribution < 1.29 is 9.84 Å². The summed E-state index contributed by atoms with van der Waals surface area (Å²) in [6.45, 7) is 6.49. The zero-order valence-electron chi connectivity index (χ0n) is 11.3. The molecule has 1 heterocycles. The van der Waals surface area contributed by atoms with Crippen LogP contribution < -0.4 is 0 Å². The lowest BCUT2D eigenvalue weighted by atomic mass is 9.99. The van der Waals surface area contributed by atoms with Gasteiger partial charge in [-0.25, -0.2) is 0 Å². The first-order chi connectivity index (χ1) is 8.64. The van der Waals surface area contributed by atoms with E-state index in [2.05, 4.69) is 36.1 Å². The fourth-order valence-corrected chi connectivity index (χ4v) is 2.62. The van der Waals surface area contributed by atoms with Gasteiger partial charge >= 0.3 is 0 Å². The molecule has 1 atom stereocenters. The van der Waals surface area contributed by atoms with Gasteiger partial charge in [0.15, 0.2) is 5.79 Å². The maximum absolute atomic E-state index is 10.2. The first-order valence-electron chi connectivity index (χ1n) is 6.80. The number of nitrogens with zero attached hydrogens (tertiary/aromatic N) is 1. The minimum Gasteiger partial charge on any atom is -0.365 e. The van der Waals surface area contributed by atoms with E-state index < -0.39 is 5.79 Å². The smallest absolute Gasteiger partial charge is 0.167 e. The number of aliphatic hydroxyl groups is 1. The largest absolute Gasteiger partial charge is 0.365 e. The van der Waals surface area contributed by atoms with E-state index in [1.54, 1.807) is 0 Å². The Hall–Kier alpha value is -0.900. The van der Waals surface area contributed by atoms with E-state index in [4.69, 9.17) is 4.74 Å². The Kier molecular flexibility index (Phi) is 4.38. The van der Waals surface area contributed by atoms with Crippen LogP contribution in [0.15, 0.2) is 30.3 Å². The number of hydrogen-bond donors (Lipinski definition) is 1. The number of likely N-dealkylation sites (tertiary alicyclic amines) is 1. The molecule has 2 rings (SSSR count). The van der Waals surface area contributed by atoms with E-state index in [0.717, 1.165) is 13.1 Å². The number of rotatable bonds is 4. The third-order valence-electron chi connectivity index (χ3n) is 3.82. The molecular formula is C15H23NO2. The molecule has 3 heteroatoms. The Morgan fingerprint density at radius 2 is 1.89 bits per heavy atom. The quantitative estimate of drug-likeness (QED) is 0.832. The monoisotopic (exact) mass is 249 g/mol.